The SMILES string of the molecule is CCCN(CCC)C(=O)COc1ccc(C=NNCc2ccccc2)cc1OC. The zero-order valence-electron chi connectivity index (χ0n) is 17.6. The molecule has 0 unspecified atom stereocenters. The first-order chi connectivity index (χ1) is 14.2. The van der Waals surface area contributed by atoms with E-state index in [9.17, 15) is 4.79 Å². The number of rotatable bonds is 12. The maximum absolute atomic E-state index is 12.4. The minimum atomic E-state index is -0.00787. The topological polar surface area (TPSA) is 63.2 Å². The molecular weight excluding hydrogens is 366 g/mol. The van der Waals surface area contributed by atoms with Gasteiger partial charge in [0.25, 0.3) is 5.91 Å². The fourth-order valence-electron chi connectivity index (χ4n) is 2.87. The molecule has 2 rings (SSSR count). The summed E-state index contributed by atoms with van der Waals surface area (Å²) in [6.45, 7) is 6.28. The van der Waals surface area contributed by atoms with E-state index in [-0.39, 0.29) is 12.5 Å². The van der Waals surface area contributed by atoms with Gasteiger partial charge in [0.1, 0.15) is 0 Å². The molecule has 0 bridgehead atoms. The van der Waals surface area contributed by atoms with Crippen molar-refractivity contribution in [2.75, 3.05) is 26.8 Å². The number of carbonyl (C=O) groups excluding carboxylic acids is 1. The molecule has 0 fully saturated rings. The number of nitrogens with one attached hydrogen (secondary N) is 1. The third kappa shape index (κ3) is 7.49. The molecule has 0 spiro atoms. The Kier molecular flexibility index (Phi) is 9.55. The van der Waals surface area contributed by atoms with E-state index in [2.05, 4.69) is 24.4 Å². The van der Waals surface area contributed by atoms with Crippen molar-refractivity contribution in [3.05, 3.63) is 59.7 Å². The average Bonchev–Trinajstić information content (AvgIpc) is 2.76. The summed E-state index contributed by atoms with van der Waals surface area (Å²) in [4.78, 5) is 14.2. The number of hydrazone groups is 1. The molecule has 0 saturated heterocycles. The molecule has 156 valence electrons. The number of hydrogen-bond donors (Lipinski definition) is 1. The third-order valence-electron chi connectivity index (χ3n) is 4.31. The first-order valence-electron chi connectivity index (χ1n) is 10.1. The van der Waals surface area contributed by atoms with Crippen LogP contribution in [0.15, 0.2) is 53.6 Å². The van der Waals surface area contributed by atoms with Crippen LogP contribution in [0, 0.1) is 0 Å². The summed E-state index contributed by atoms with van der Waals surface area (Å²) in [5, 5.41) is 4.25. The lowest BCUT2D eigenvalue weighted by Gasteiger charge is -2.21. The second-order valence-corrected chi connectivity index (χ2v) is 6.66. The van der Waals surface area contributed by atoms with Crippen molar-refractivity contribution in [2.24, 2.45) is 5.10 Å². The van der Waals surface area contributed by atoms with Crippen LogP contribution in [0.1, 0.15) is 37.8 Å². The van der Waals surface area contributed by atoms with Gasteiger partial charge in [0.15, 0.2) is 18.1 Å². The van der Waals surface area contributed by atoms with Crippen LogP contribution in [0.4, 0.5) is 0 Å². The van der Waals surface area contributed by atoms with Gasteiger partial charge in [-0.2, -0.15) is 5.10 Å². The highest BCUT2D eigenvalue weighted by Gasteiger charge is 2.14. The lowest BCUT2D eigenvalue weighted by molar-refractivity contribution is -0.133. The van der Waals surface area contributed by atoms with E-state index in [0.29, 0.717) is 18.0 Å². The van der Waals surface area contributed by atoms with Gasteiger partial charge < -0.3 is 19.8 Å². The van der Waals surface area contributed by atoms with Crippen LogP contribution < -0.4 is 14.9 Å². The Bertz CT molecular complexity index is 772. The normalized spacial score (nSPS) is 10.7. The van der Waals surface area contributed by atoms with Crippen molar-refractivity contribution < 1.29 is 14.3 Å². The second-order valence-electron chi connectivity index (χ2n) is 6.66. The van der Waals surface area contributed by atoms with E-state index in [4.69, 9.17) is 9.47 Å². The zero-order valence-corrected chi connectivity index (χ0v) is 17.6. The van der Waals surface area contributed by atoms with E-state index in [1.807, 2.05) is 47.4 Å². The van der Waals surface area contributed by atoms with Gasteiger partial charge in [0, 0.05) is 13.1 Å². The molecular formula is C23H31N3O3. The van der Waals surface area contributed by atoms with Gasteiger partial charge in [-0.1, -0.05) is 44.2 Å². The van der Waals surface area contributed by atoms with Crippen LogP contribution in [-0.4, -0.2) is 43.8 Å². The Morgan fingerprint density at radius 2 is 1.79 bits per heavy atom. The van der Waals surface area contributed by atoms with Crippen LogP contribution >= 0.6 is 0 Å². The van der Waals surface area contributed by atoms with Gasteiger partial charge in [-0.3, -0.25) is 4.79 Å². The second kappa shape index (κ2) is 12.4. The minimum Gasteiger partial charge on any atom is -0.493 e. The Hall–Kier alpha value is -3.02. The molecule has 0 aromatic heterocycles. The zero-order chi connectivity index (χ0) is 20.9. The number of carbonyl (C=O) groups is 1. The molecule has 0 aliphatic heterocycles. The smallest absolute Gasteiger partial charge is 0.260 e. The van der Waals surface area contributed by atoms with E-state index >= 15 is 0 Å². The van der Waals surface area contributed by atoms with Gasteiger partial charge in [0.05, 0.1) is 19.9 Å². The molecule has 0 aliphatic carbocycles. The van der Waals surface area contributed by atoms with Crippen molar-refractivity contribution in [2.45, 2.75) is 33.2 Å². The first-order valence-corrected chi connectivity index (χ1v) is 10.1. The van der Waals surface area contributed by atoms with Crippen molar-refractivity contribution in [3.63, 3.8) is 0 Å². The van der Waals surface area contributed by atoms with Crippen LogP contribution in [0.2, 0.25) is 0 Å². The maximum Gasteiger partial charge on any atom is 0.260 e. The molecule has 6 heteroatoms. The fraction of sp³-hybridized carbons (Fsp3) is 0.391. The summed E-state index contributed by atoms with van der Waals surface area (Å²) in [6, 6.07) is 15.6. The van der Waals surface area contributed by atoms with Crippen LogP contribution in [-0.2, 0) is 11.3 Å². The number of ether oxygens (including phenoxy) is 2. The van der Waals surface area contributed by atoms with Crippen molar-refractivity contribution >= 4 is 12.1 Å². The number of benzene rings is 2. The molecule has 0 heterocycles. The summed E-state index contributed by atoms with van der Waals surface area (Å²) in [7, 11) is 1.58. The van der Waals surface area contributed by atoms with Crippen molar-refractivity contribution in [1.82, 2.24) is 10.3 Å². The summed E-state index contributed by atoms with van der Waals surface area (Å²) >= 11 is 0. The van der Waals surface area contributed by atoms with Crippen molar-refractivity contribution in [3.8, 4) is 11.5 Å². The molecule has 2 aromatic rings. The number of methoxy groups -OCH3 is 1. The summed E-state index contributed by atoms with van der Waals surface area (Å²) in [5.41, 5.74) is 5.06. The summed E-state index contributed by atoms with van der Waals surface area (Å²) in [6.07, 6.45) is 3.59. The van der Waals surface area contributed by atoms with Crippen LogP contribution in [0.5, 0.6) is 11.5 Å². The summed E-state index contributed by atoms with van der Waals surface area (Å²) < 4.78 is 11.1. The average molecular weight is 398 g/mol. The van der Waals surface area contributed by atoms with Gasteiger partial charge in [-0.25, -0.2) is 0 Å². The molecule has 1 amide bonds. The molecule has 0 atom stereocenters. The van der Waals surface area contributed by atoms with E-state index < -0.39 is 0 Å². The predicted molar refractivity (Wildman–Crippen MR) is 117 cm³/mol. The quantitative estimate of drug-likeness (QED) is 0.437. The predicted octanol–water partition coefficient (Wildman–Crippen LogP) is 3.85. The highest BCUT2D eigenvalue weighted by Crippen LogP contribution is 2.27. The largest absolute Gasteiger partial charge is 0.493 e. The Morgan fingerprint density at radius 1 is 1.07 bits per heavy atom. The monoisotopic (exact) mass is 397 g/mol. The van der Waals surface area contributed by atoms with E-state index in [1.54, 1.807) is 19.4 Å². The number of amides is 1. The molecule has 0 radical (unpaired) electrons. The Labute approximate surface area is 173 Å². The number of hydrogen-bond acceptors (Lipinski definition) is 5. The lowest BCUT2D eigenvalue weighted by atomic mass is 10.2. The van der Waals surface area contributed by atoms with Crippen molar-refractivity contribution in [1.29, 1.82) is 0 Å². The standard InChI is InChI=1S/C23H31N3O3/c1-4-13-26(14-5-2)23(27)18-29-21-12-11-20(15-22(21)28-3)17-25-24-16-19-9-7-6-8-10-19/h6-12,15,17,24H,4-5,13-14,16,18H2,1-3H3. The van der Waals surface area contributed by atoms with Crippen LogP contribution in [0.25, 0.3) is 0 Å². The molecule has 2 aromatic carbocycles. The molecule has 0 aliphatic rings. The Balaban J connectivity index is 1.92. The molecule has 0 saturated carbocycles. The Morgan fingerprint density at radius 3 is 2.45 bits per heavy atom. The number of nitrogens with zero attached hydrogens (tertiary/aromatic N) is 2. The highest BCUT2D eigenvalue weighted by molar-refractivity contribution is 5.81. The van der Waals surface area contributed by atoms with Gasteiger partial charge in [-0.15, -0.1) is 0 Å². The van der Waals surface area contributed by atoms with Crippen LogP contribution in [0.3, 0.4) is 0 Å². The fourth-order valence-corrected chi connectivity index (χ4v) is 2.87. The maximum atomic E-state index is 12.4. The van der Waals surface area contributed by atoms with Gasteiger partial charge in [-0.05, 0) is 42.2 Å². The third-order valence-corrected chi connectivity index (χ3v) is 4.31. The highest BCUT2D eigenvalue weighted by atomic mass is 16.5. The van der Waals surface area contributed by atoms with E-state index in [0.717, 1.165) is 37.1 Å². The van der Waals surface area contributed by atoms with E-state index in [1.165, 1.54) is 0 Å². The molecule has 1 N–H and O–H groups in total. The minimum absolute atomic E-state index is 0.00241. The van der Waals surface area contributed by atoms with Gasteiger partial charge in [0.2, 0.25) is 0 Å². The first kappa shape index (κ1) is 22.3. The molecule has 29 heavy (non-hydrogen) atoms. The lowest BCUT2D eigenvalue weighted by Crippen LogP contribution is -2.36. The molecule has 6 nitrogen and oxygen atoms in total. The van der Waals surface area contributed by atoms with Gasteiger partial charge >= 0.3 is 0 Å². The summed E-state index contributed by atoms with van der Waals surface area (Å²) in [5.74, 6) is 1.11.